The summed E-state index contributed by atoms with van der Waals surface area (Å²) in [7, 11) is 1.92. The highest BCUT2D eigenvalue weighted by atomic mass is 19.1. The average Bonchev–Trinajstić information content (AvgIpc) is 2.43. The minimum atomic E-state index is -0.417. The first kappa shape index (κ1) is 14.7. The molecule has 0 aromatic heterocycles. The summed E-state index contributed by atoms with van der Waals surface area (Å²) in [5, 5.41) is 2.70. The molecule has 0 bridgehead atoms. The van der Waals surface area contributed by atoms with E-state index in [0.29, 0.717) is 11.7 Å². The van der Waals surface area contributed by atoms with Crippen molar-refractivity contribution in [3.8, 4) is 0 Å². The van der Waals surface area contributed by atoms with E-state index in [4.69, 9.17) is 10.5 Å². The maximum atomic E-state index is 12.9. The highest BCUT2D eigenvalue weighted by Gasteiger charge is 2.20. The zero-order valence-electron chi connectivity index (χ0n) is 11.6. The predicted molar refractivity (Wildman–Crippen MR) is 75.9 cm³/mol. The van der Waals surface area contributed by atoms with E-state index >= 15 is 0 Å². The molecule has 0 radical (unpaired) electrons. The molecule has 1 saturated heterocycles. The normalized spacial score (nSPS) is 16.4. The van der Waals surface area contributed by atoms with E-state index in [0.717, 1.165) is 26.1 Å². The molecular weight excluding hydrogens is 261 g/mol. The number of anilines is 2. The van der Waals surface area contributed by atoms with Gasteiger partial charge in [-0.3, -0.25) is 9.69 Å². The van der Waals surface area contributed by atoms with Crippen molar-refractivity contribution in [1.82, 2.24) is 4.90 Å². The lowest BCUT2D eigenvalue weighted by molar-refractivity contribution is -0.118. The van der Waals surface area contributed by atoms with Gasteiger partial charge in [-0.05, 0) is 38.1 Å². The minimum absolute atomic E-state index is 0.155. The number of nitrogen functional groups attached to an aromatic ring is 1. The van der Waals surface area contributed by atoms with E-state index in [1.165, 1.54) is 18.2 Å². The summed E-state index contributed by atoms with van der Waals surface area (Å²) >= 11 is 0. The molecule has 0 atom stereocenters. The third-order valence-electron chi connectivity index (χ3n) is 3.49. The average molecular weight is 281 g/mol. The molecule has 5 nitrogen and oxygen atoms in total. The molecule has 0 unspecified atom stereocenters. The molecule has 1 aliphatic heterocycles. The Morgan fingerprint density at radius 1 is 1.50 bits per heavy atom. The molecule has 0 aliphatic carbocycles. The lowest BCUT2D eigenvalue weighted by atomic mass is 10.1. The lowest BCUT2D eigenvalue weighted by Gasteiger charge is -2.30. The molecule has 1 aromatic carbocycles. The molecule has 0 spiro atoms. The van der Waals surface area contributed by atoms with Gasteiger partial charge < -0.3 is 15.8 Å². The number of amides is 1. The van der Waals surface area contributed by atoms with Crippen LogP contribution in [0.2, 0.25) is 0 Å². The number of carbonyl (C=O) groups is 1. The third kappa shape index (κ3) is 3.91. The van der Waals surface area contributed by atoms with E-state index in [9.17, 15) is 9.18 Å². The van der Waals surface area contributed by atoms with Gasteiger partial charge in [0.15, 0.2) is 0 Å². The van der Waals surface area contributed by atoms with E-state index in [1.54, 1.807) is 0 Å². The highest BCUT2D eigenvalue weighted by molar-refractivity contribution is 5.95. The molecule has 0 saturated carbocycles. The number of nitrogens with zero attached hydrogens (tertiary/aromatic N) is 1. The molecule has 1 heterocycles. The Balaban J connectivity index is 1.88. The Labute approximate surface area is 117 Å². The monoisotopic (exact) mass is 281 g/mol. The first-order valence-corrected chi connectivity index (χ1v) is 6.69. The van der Waals surface area contributed by atoms with Crippen LogP contribution in [0.5, 0.6) is 0 Å². The van der Waals surface area contributed by atoms with Crippen molar-refractivity contribution >= 4 is 17.3 Å². The molecule has 110 valence electrons. The quantitative estimate of drug-likeness (QED) is 0.820. The zero-order valence-corrected chi connectivity index (χ0v) is 11.6. The van der Waals surface area contributed by atoms with Gasteiger partial charge in [-0.1, -0.05) is 0 Å². The second kappa shape index (κ2) is 6.67. The number of hydrogen-bond donors (Lipinski definition) is 2. The Morgan fingerprint density at radius 3 is 2.85 bits per heavy atom. The van der Waals surface area contributed by atoms with Gasteiger partial charge in [-0.25, -0.2) is 4.39 Å². The summed E-state index contributed by atoms with van der Waals surface area (Å²) in [4.78, 5) is 14.0. The fourth-order valence-corrected chi connectivity index (χ4v) is 2.32. The van der Waals surface area contributed by atoms with Gasteiger partial charge in [0.05, 0.1) is 17.9 Å². The van der Waals surface area contributed by atoms with Crippen LogP contribution in [0.4, 0.5) is 15.8 Å². The van der Waals surface area contributed by atoms with Crippen LogP contribution in [0.1, 0.15) is 12.8 Å². The maximum absolute atomic E-state index is 12.9. The van der Waals surface area contributed by atoms with Crippen LogP contribution >= 0.6 is 0 Å². The first-order valence-electron chi connectivity index (χ1n) is 6.69. The van der Waals surface area contributed by atoms with Crippen LogP contribution in [-0.2, 0) is 9.53 Å². The topological polar surface area (TPSA) is 67.6 Å². The molecule has 20 heavy (non-hydrogen) atoms. The molecule has 2 rings (SSSR count). The van der Waals surface area contributed by atoms with Crippen LogP contribution in [-0.4, -0.2) is 43.7 Å². The molecule has 1 aromatic rings. The number of nitrogens with two attached hydrogens (primary N) is 1. The molecular formula is C14H20FN3O2. The van der Waals surface area contributed by atoms with Crippen LogP contribution in [0, 0.1) is 5.82 Å². The number of benzene rings is 1. The van der Waals surface area contributed by atoms with Crippen molar-refractivity contribution in [3.63, 3.8) is 0 Å². The van der Waals surface area contributed by atoms with Gasteiger partial charge >= 0.3 is 0 Å². The SMILES string of the molecule is CN(CC(=O)Nc1ccc(F)cc1N)C1CCOCC1. The van der Waals surface area contributed by atoms with E-state index in [-0.39, 0.29) is 18.1 Å². The summed E-state index contributed by atoms with van der Waals surface area (Å²) in [5.74, 6) is -0.572. The summed E-state index contributed by atoms with van der Waals surface area (Å²) in [6, 6.07) is 4.29. The molecule has 1 amide bonds. The smallest absolute Gasteiger partial charge is 0.238 e. The summed E-state index contributed by atoms with van der Waals surface area (Å²) in [6.07, 6.45) is 1.87. The number of halogens is 1. The number of likely N-dealkylation sites (N-methyl/N-ethyl adjacent to an activating group) is 1. The van der Waals surface area contributed by atoms with Crippen LogP contribution in [0.25, 0.3) is 0 Å². The molecule has 1 aliphatic rings. The number of rotatable bonds is 4. The number of nitrogens with one attached hydrogen (secondary N) is 1. The Hall–Kier alpha value is -1.66. The van der Waals surface area contributed by atoms with E-state index in [1.807, 2.05) is 11.9 Å². The van der Waals surface area contributed by atoms with Crippen molar-refractivity contribution in [3.05, 3.63) is 24.0 Å². The summed E-state index contributed by atoms with van der Waals surface area (Å²) < 4.78 is 18.2. The number of carbonyl (C=O) groups excluding carboxylic acids is 1. The standard InChI is InChI=1S/C14H20FN3O2/c1-18(11-4-6-20-7-5-11)9-14(19)17-13-3-2-10(15)8-12(13)16/h2-3,8,11H,4-7,9,16H2,1H3,(H,17,19). The predicted octanol–water partition coefficient (Wildman–Crippen LogP) is 1.46. The summed E-state index contributed by atoms with van der Waals surface area (Å²) in [6.45, 7) is 1.75. The van der Waals surface area contributed by atoms with Crippen molar-refractivity contribution in [2.75, 3.05) is 37.9 Å². The third-order valence-corrected chi connectivity index (χ3v) is 3.49. The van der Waals surface area contributed by atoms with Crippen molar-refractivity contribution in [1.29, 1.82) is 0 Å². The van der Waals surface area contributed by atoms with E-state index in [2.05, 4.69) is 5.32 Å². The fourth-order valence-electron chi connectivity index (χ4n) is 2.32. The van der Waals surface area contributed by atoms with Crippen molar-refractivity contribution in [2.45, 2.75) is 18.9 Å². The Bertz CT molecular complexity index is 475. The molecule has 1 fully saturated rings. The van der Waals surface area contributed by atoms with Crippen molar-refractivity contribution in [2.24, 2.45) is 0 Å². The lowest BCUT2D eigenvalue weighted by Crippen LogP contribution is -2.41. The number of hydrogen-bond acceptors (Lipinski definition) is 4. The first-order chi connectivity index (χ1) is 9.56. The Morgan fingerprint density at radius 2 is 2.20 bits per heavy atom. The molecule has 6 heteroatoms. The van der Waals surface area contributed by atoms with Crippen LogP contribution < -0.4 is 11.1 Å². The number of ether oxygens (including phenoxy) is 1. The van der Waals surface area contributed by atoms with Crippen LogP contribution in [0.15, 0.2) is 18.2 Å². The summed E-state index contributed by atoms with van der Waals surface area (Å²) in [5.41, 5.74) is 6.33. The van der Waals surface area contributed by atoms with Crippen LogP contribution in [0.3, 0.4) is 0 Å². The zero-order chi connectivity index (χ0) is 14.5. The van der Waals surface area contributed by atoms with Gasteiger partial charge in [0, 0.05) is 19.3 Å². The minimum Gasteiger partial charge on any atom is -0.397 e. The fraction of sp³-hybridized carbons (Fsp3) is 0.500. The Kier molecular flexibility index (Phi) is 4.92. The largest absolute Gasteiger partial charge is 0.397 e. The second-order valence-electron chi connectivity index (χ2n) is 5.04. The van der Waals surface area contributed by atoms with E-state index < -0.39 is 5.82 Å². The van der Waals surface area contributed by atoms with Gasteiger partial charge in [-0.15, -0.1) is 0 Å². The highest BCUT2D eigenvalue weighted by Crippen LogP contribution is 2.19. The van der Waals surface area contributed by atoms with Gasteiger partial charge in [0.2, 0.25) is 5.91 Å². The van der Waals surface area contributed by atoms with Crippen molar-refractivity contribution < 1.29 is 13.9 Å². The maximum Gasteiger partial charge on any atom is 0.238 e. The van der Waals surface area contributed by atoms with Gasteiger partial charge in [-0.2, -0.15) is 0 Å². The molecule has 3 N–H and O–H groups in total. The van der Waals surface area contributed by atoms with Gasteiger partial charge in [0.1, 0.15) is 5.82 Å². The second-order valence-corrected chi connectivity index (χ2v) is 5.04. The van der Waals surface area contributed by atoms with Gasteiger partial charge in [0.25, 0.3) is 0 Å².